The van der Waals surface area contributed by atoms with E-state index in [1.54, 1.807) is 20.8 Å². The number of halogens is 1. The monoisotopic (exact) mass is 253 g/mol. The number of urea groups is 1. The third-order valence-electron chi connectivity index (χ3n) is 2.05. The molecule has 0 unspecified atom stereocenters. The molecule has 0 spiro atoms. The van der Waals surface area contributed by atoms with Gasteiger partial charge in [0.2, 0.25) is 5.91 Å². The molecular formula is C12H16FN3O2. The number of amides is 3. The molecule has 0 aliphatic rings. The lowest BCUT2D eigenvalue weighted by Crippen LogP contribution is -2.48. The van der Waals surface area contributed by atoms with Crippen LogP contribution < -0.4 is 16.2 Å². The third-order valence-corrected chi connectivity index (χ3v) is 2.05. The van der Waals surface area contributed by atoms with Crippen LogP contribution in [0, 0.1) is 11.2 Å². The summed E-state index contributed by atoms with van der Waals surface area (Å²) in [6.45, 7) is 5.15. The van der Waals surface area contributed by atoms with Gasteiger partial charge in [0.25, 0.3) is 0 Å². The van der Waals surface area contributed by atoms with E-state index in [9.17, 15) is 14.0 Å². The third kappa shape index (κ3) is 4.40. The van der Waals surface area contributed by atoms with Gasteiger partial charge >= 0.3 is 6.03 Å². The van der Waals surface area contributed by atoms with Gasteiger partial charge in [0.05, 0.1) is 0 Å². The number of carbonyl (C=O) groups excluding carboxylic acids is 2. The summed E-state index contributed by atoms with van der Waals surface area (Å²) in [7, 11) is 0. The van der Waals surface area contributed by atoms with E-state index in [2.05, 4.69) is 16.2 Å². The zero-order chi connectivity index (χ0) is 13.8. The highest BCUT2D eigenvalue weighted by molar-refractivity contribution is 5.91. The van der Waals surface area contributed by atoms with Crippen LogP contribution in [0.1, 0.15) is 20.8 Å². The van der Waals surface area contributed by atoms with Gasteiger partial charge in [-0.15, -0.1) is 0 Å². The Morgan fingerprint density at radius 1 is 1.17 bits per heavy atom. The van der Waals surface area contributed by atoms with Crippen molar-refractivity contribution in [3.8, 4) is 0 Å². The maximum absolute atomic E-state index is 12.8. The van der Waals surface area contributed by atoms with E-state index in [0.29, 0.717) is 5.69 Å². The molecular weight excluding hydrogens is 237 g/mol. The first-order valence-corrected chi connectivity index (χ1v) is 5.42. The van der Waals surface area contributed by atoms with Gasteiger partial charge < -0.3 is 5.32 Å². The summed E-state index contributed by atoms with van der Waals surface area (Å²) in [4.78, 5) is 22.9. The summed E-state index contributed by atoms with van der Waals surface area (Å²) in [6.07, 6.45) is 0. The molecule has 18 heavy (non-hydrogen) atoms. The summed E-state index contributed by atoms with van der Waals surface area (Å²) in [5.74, 6) is -0.775. The molecule has 0 aromatic heterocycles. The van der Waals surface area contributed by atoms with Crippen molar-refractivity contribution in [1.82, 2.24) is 10.9 Å². The van der Waals surface area contributed by atoms with Crippen LogP contribution in [0.3, 0.4) is 0 Å². The zero-order valence-electron chi connectivity index (χ0n) is 10.5. The smallest absolute Gasteiger partial charge is 0.306 e. The molecule has 0 fully saturated rings. The molecule has 6 heteroatoms. The molecule has 0 aliphatic heterocycles. The zero-order valence-corrected chi connectivity index (χ0v) is 10.5. The van der Waals surface area contributed by atoms with Crippen molar-refractivity contribution in [2.24, 2.45) is 5.41 Å². The van der Waals surface area contributed by atoms with Gasteiger partial charge in [-0.25, -0.2) is 14.6 Å². The van der Waals surface area contributed by atoms with E-state index in [4.69, 9.17) is 0 Å². The Bertz CT molecular complexity index is 455. The Kier molecular flexibility index (Phi) is 4.25. The number of rotatable bonds is 1. The largest absolute Gasteiger partial charge is 0.337 e. The quantitative estimate of drug-likeness (QED) is 0.670. The lowest BCUT2D eigenvalue weighted by Gasteiger charge is -2.18. The van der Waals surface area contributed by atoms with E-state index in [1.807, 2.05) is 0 Å². The molecule has 0 saturated heterocycles. The first kappa shape index (κ1) is 14.0. The molecule has 0 atom stereocenters. The second-order valence-electron chi connectivity index (χ2n) is 4.79. The van der Waals surface area contributed by atoms with Crippen molar-refractivity contribution in [1.29, 1.82) is 0 Å². The van der Waals surface area contributed by atoms with E-state index in [-0.39, 0.29) is 5.91 Å². The minimum Gasteiger partial charge on any atom is -0.306 e. The maximum atomic E-state index is 12.8. The number of hydrogen-bond donors (Lipinski definition) is 3. The van der Waals surface area contributed by atoms with Gasteiger partial charge in [0.1, 0.15) is 5.82 Å². The van der Waals surface area contributed by atoms with Crippen molar-refractivity contribution in [3.63, 3.8) is 0 Å². The molecule has 5 nitrogen and oxygen atoms in total. The van der Waals surface area contributed by atoms with Crippen LogP contribution in [0.5, 0.6) is 0 Å². The van der Waals surface area contributed by atoms with Crippen LogP contribution in [0.2, 0.25) is 0 Å². The Morgan fingerprint density at radius 2 is 1.83 bits per heavy atom. The minimum absolute atomic E-state index is 0.303. The van der Waals surface area contributed by atoms with E-state index in [0.717, 1.165) is 0 Å². The molecule has 0 heterocycles. The fourth-order valence-electron chi connectivity index (χ4n) is 1.03. The Morgan fingerprint density at radius 3 is 2.39 bits per heavy atom. The molecule has 0 aliphatic carbocycles. The average Bonchev–Trinajstić information content (AvgIpc) is 2.24. The molecule has 0 radical (unpaired) electrons. The van der Waals surface area contributed by atoms with Gasteiger partial charge in [-0.05, 0) is 18.2 Å². The SMILES string of the molecule is CC(C)(C)C(=O)NNC(=O)Nc1cccc(F)c1. The minimum atomic E-state index is -0.641. The number of carbonyl (C=O) groups is 2. The predicted octanol–water partition coefficient (Wildman–Crippen LogP) is 2.02. The average molecular weight is 253 g/mol. The second-order valence-corrected chi connectivity index (χ2v) is 4.79. The van der Waals surface area contributed by atoms with E-state index >= 15 is 0 Å². The first-order chi connectivity index (χ1) is 8.29. The molecule has 0 bridgehead atoms. The van der Waals surface area contributed by atoms with E-state index < -0.39 is 17.3 Å². The lowest BCUT2D eigenvalue weighted by molar-refractivity contribution is -0.129. The van der Waals surface area contributed by atoms with Crippen LogP contribution in [0.4, 0.5) is 14.9 Å². The van der Waals surface area contributed by atoms with Crippen molar-refractivity contribution in [2.75, 3.05) is 5.32 Å². The lowest BCUT2D eigenvalue weighted by atomic mass is 9.96. The summed E-state index contributed by atoms with van der Waals surface area (Å²) >= 11 is 0. The summed E-state index contributed by atoms with van der Waals surface area (Å²) < 4.78 is 12.8. The summed E-state index contributed by atoms with van der Waals surface area (Å²) in [5.41, 5.74) is 4.15. The van der Waals surface area contributed by atoms with Crippen LogP contribution in [-0.4, -0.2) is 11.9 Å². The standard InChI is InChI=1S/C12H16FN3O2/c1-12(2,3)10(17)15-16-11(18)14-9-6-4-5-8(13)7-9/h4-7H,1-3H3,(H,15,17)(H2,14,16,18). The summed E-state index contributed by atoms with van der Waals surface area (Å²) in [6, 6.07) is 4.81. The highest BCUT2D eigenvalue weighted by Crippen LogP contribution is 2.11. The number of anilines is 1. The Hall–Kier alpha value is -2.11. The normalized spacial score (nSPS) is 10.7. The molecule has 3 amide bonds. The van der Waals surface area contributed by atoms with Crippen molar-refractivity contribution < 1.29 is 14.0 Å². The summed E-state index contributed by atoms with van der Waals surface area (Å²) in [5, 5.41) is 2.38. The highest BCUT2D eigenvalue weighted by atomic mass is 19.1. The number of benzene rings is 1. The number of hydrogen-bond acceptors (Lipinski definition) is 2. The number of nitrogens with one attached hydrogen (secondary N) is 3. The van der Waals surface area contributed by atoms with Crippen LogP contribution in [0.25, 0.3) is 0 Å². The molecule has 1 aromatic rings. The van der Waals surface area contributed by atoms with Crippen LogP contribution in [-0.2, 0) is 4.79 Å². The maximum Gasteiger partial charge on any atom is 0.337 e. The Balaban J connectivity index is 2.46. The topological polar surface area (TPSA) is 70.2 Å². The number of hydrazine groups is 1. The van der Waals surface area contributed by atoms with E-state index in [1.165, 1.54) is 24.3 Å². The molecule has 1 rings (SSSR count). The Labute approximate surface area is 105 Å². The van der Waals surface area contributed by atoms with Gasteiger partial charge in [0.15, 0.2) is 0 Å². The van der Waals surface area contributed by atoms with Crippen LogP contribution in [0.15, 0.2) is 24.3 Å². The molecule has 0 saturated carbocycles. The van der Waals surface area contributed by atoms with Gasteiger partial charge in [-0.3, -0.25) is 10.2 Å². The molecule has 98 valence electrons. The van der Waals surface area contributed by atoms with Crippen molar-refractivity contribution >= 4 is 17.6 Å². The van der Waals surface area contributed by atoms with Gasteiger partial charge in [-0.1, -0.05) is 26.8 Å². The van der Waals surface area contributed by atoms with Crippen molar-refractivity contribution in [2.45, 2.75) is 20.8 Å². The fourth-order valence-corrected chi connectivity index (χ4v) is 1.03. The van der Waals surface area contributed by atoms with Crippen molar-refractivity contribution in [3.05, 3.63) is 30.1 Å². The van der Waals surface area contributed by atoms with Crippen LogP contribution >= 0.6 is 0 Å². The molecule has 3 N–H and O–H groups in total. The predicted molar refractivity (Wildman–Crippen MR) is 66.2 cm³/mol. The fraction of sp³-hybridized carbons (Fsp3) is 0.333. The van der Waals surface area contributed by atoms with Gasteiger partial charge in [0, 0.05) is 11.1 Å². The second kappa shape index (κ2) is 5.48. The van der Waals surface area contributed by atoms with Gasteiger partial charge in [-0.2, -0.15) is 0 Å². The highest BCUT2D eigenvalue weighted by Gasteiger charge is 2.21. The first-order valence-electron chi connectivity index (χ1n) is 5.42. The molecule has 1 aromatic carbocycles.